The normalized spacial score (nSPS) is 14.9. The lowest BCUT2D eigenvalue weighted by Crippen LogP contribution is -2.30. The molecule has 1 aliphatic heterocycles. The fourth-order valence-electron chi connectivity index (χ4n) is 3.22. The average Bonchev–Trinajstić information content (AvgIpc) is 3.05. The van der Waals surface area contributed by atoms with Gasteiger partial charge < -0.3 is 4.74 Å². The van der Waals surface area contributed by atoms with Crippen LogP contribution in [-0.2, 0) is 17.8 Å². The van der Waals surface area contributed by atoms with E-state index in [1.54, 1.807) is 42.5 Å². The van der Waals surface area contributed by atoms with Gasteiger partial charge in [-0.25, -0.2) is 4.39 Å². The van der Waals surface area contributed by atoms with E-state index in [2.05, 4.69) is 0 Å². The van der Waals surface area contributed by atoms with Gasteiger partial charge in [0.2, 0.25) is 0 Å². The molecule has 0 aliphatic carbocycles. The van der Waals surface area contributed by atoms with Crippen molar-refractivity contribution in [3.05, 3.63) is 105 Å². The molecule has 0 unspecified atom stereocenters. The average molecular weight is 468 g/mol. The first-order chi connectivity index (χ1) is 15.5. The van der Waals surface area contributed by atoms with Gasteiger partial charge in [0, 0.05) is 12.1 Å². The monoisotopic (exact) mass is 467 g/mol. The van der Waals surface area contributed by atoms with Crippen molar-refractivity contribution in [2.75, 3.05) is 6.54 Å². The summed E-state index contributed by atoms with van der Waals surface area (Å²) in [5.41, 5.74) is 2.16. The second kappa shape index (κ2) is 10.0. The van der Waals surface area contributed by atoms with Crippen molar-refractivity contribution >= 4 is 40.6 Å². The molecule has 0 aromatic heterocycles. The number of halogens is 2. The summed E-state index contributed by atoms with van der Waals surface area (Å²) in [6.45, 7) is 0.377. The molecule has 2 amide bonds. The minimum absolute atomic E-state index is 0.0477. The lowest BCUT2D eigenvalue weighted by atomic mass is 10.1. The van der Waals surface area contributed by atoms with Crippen LogP contribution < -0.4 is 4.74 Å². The van der Waals surface area contributed by atoms with E-state index in [0.29, 0.717) is 39.8 Å². The molecule has 7 heteroatoms. The maximum atomic E-state index is 13.7. The van der Waals surface area contributed by atoms with E-state index in [4.69, 9.17) is 16.3 Å². The number of hydrogen-bond donors (Lipinski definition) is 0. The first kappa shape index (κ1) is 22.1. The molecule has 162 valence electrons. The molecule has 4 nitrogen and oxygen atoms in total. The molecule has 4 rings (SSSR count). The van der Waals surface area contributed by atoms with Crippen molar-refractivity contribution in [2.24, 2.45) is 0 Å². The summed E-state index contributed by atoms with van der Waals surface area (Å²) in [6.07, 6.45) is 2.24. The Bertz CT molecular complexity index is 1180. The summed E-state index contributed by atoms with van der Waals surface area (Å²) in [7, 11) is 0. The molecule has 1 heterocycles. The first-order valence-corrected chi connectivity index (χ1v) is 11.2. The number of amides is 2. The quantitative estimate of drug-likeness (QED) is 0.380. The van der Waals surface area contributed by atoms with Gasteiger partial charge in [0.05, 0.1) is 9.93 Å². The van der Waals surface area contributed by atoms with Gasteiger partial charge in [-0.1, -0.05) is 66.2 Å². The van der Waals surface area contributed by atoms with Gasteiger partial charge in [0.25, 0.3) is 11.1 Å². The van der Waals surface area contributed by atoms with Crippen molar-refractivity contribution in [1.82, 2.24) is 4.90 Å². The third-order valence-electron chi connectivity index (χ3n) is 4.94. The Morgan fingerprint density at radius 2 is 1.75 bits per heavy atom. The van der Waals surface area contributed by atoms with E-state index in [-0.39, 0.29) is 23.6 Å². The Balaban J connectivity index is 1.42. The SMILES string of the molecule is O=C1S/C(=C\c2ccc(OCc3ccccc3F)c(Cl)c2)C(=O)N1CCc1ccccc1. The number of imide groups is 1. The number of nitrogens with zero attached hydrogens (tertiary/aromatic N) is 1. The molecule has 3 aromatic rings. The Kier molecular flexibility index (Phi) is 6.93. The van der Waals surface area contributed by atoms with Crippen LogP contribution in [0.2, 0.25) is 5.02 Å². The zero-order chi connectivity index (χ0) is 22.5. The summed E-state index contributed by atoms with van der Waals surface area (Å²) >= 11 is 7.23. The predicted molar refractivity (Wildman–Crippen MR) is 125 cm³/mol. The van der Waals surface area contributed by atoms with Gasteiger partial charge in [-0.2, -0.15) is 0 Å². The predicted octanol–water partition coefficient (Wildman–Crippen LogP) is 6.34. The molecular weight excluding hydrogens is 449 g/mol. The first-order valence-electron chi connectivity index (χ1n) is 9.96. The zero-order valence-electron chi connectivity index (χ0n) is 17.0. The van der Waals surface area contributed by atoms with Crippen molar-refractivity contribution in [3.8, 4) is 5.75 Å². The second-order valence-electron chi connectivity index (χ2n) is 7.14. The minimum Gasteiger partial charge on any atom is -0.487 e. The number of thioether (sulfide) groups is 1. The van der Waals surface area contributed by atoms with E-state index in [0.717, 1.165) is 17.3 Å². The molecule has 1 fully saturated rings. The van der Waals surface area contributed by atoms with Gasteiger partial charge in [0.15, 0.2) is 0 Å². The maximum absolute atomic E-state index is 13.7. The number of carbonyl (C=O) groups excluding carboxylic acids is 2. The minimum atomic E-state index is -0.344. The third kappa shape index (κ3) is 5.21. The maximum Gasteiger partial charge on any atom is 0.293 e. The molecule has 32 heavy (non-hydrogen) atoms. The van der Waals surface area contributed by atoms with Crippen molar-refractivity contribution < 1.29 is 18.7 Å². The molecule has 0 N–H and O–H groups in total. The smallest absolute Gasteiger partial charge is 0.293 e. The molecule has 1 saturated heterocycles. The molecule has 0 saturated carbocycles. The van der Waals surface area contributed by atoms with Gasteiger partial charge in [0.1, 0.15) is 18.2 Å². The van der Waals surface area contributed by atoms with Crippen LogP contribution in [0.5, 0.6) is 5.75 Å². The highest BCUT2D eigenvalue weighted by Crippen LogP contribution is 2.34. The van der Waals surface area contributed by atoms with E-state index < -0.39 is 0 Å². The van der Waals surface area contributed by atoms with Crippen LogP contribution in [0.1, 0.15) is 16.7 Å². The van der Waals surface area contributed by atoms with E-state index in [9.17, 15) is 14.0 Å². The fraction of sp³-hybridized carbons (Fsp3) is 0.120. The number of benzene rings is 3. The third-order valence-corrected chi connectivity index (χ3v) is 6.14. The standard InChI is InChI=1S/C25H19ClFNO3S/c26-20-14-18(10-11-22(20)31-16-19-8-4-5-9-21(19)27)15-23-24(29)28(25(30)32-23)13-12-17-6-2-1-3-7-17/h1-11,14-15H,12-13,16H2/b23-15-. The van der Waals surface area contributed by atoms with Crippen LogP contribution in [0.3, 0.4) is 0 Å². The molecule has 1 aliphatic rings. The highest BCUT2D eigenvalue weighted by Gasteiger charge is 2.34. The van der Waals surface area contributed by atoms with Crippen LogP contribution in [0.4, 0.5) is 9.18 Å². The summed E-state index contributed by atoms with van der Waals surface area (Å²) in [5, 5.41) is 0.0477. The fourth-order valence-corrected chi connectivity index (χ4v) is 4.33. The number of rotatable bonds is 7. The van der Waals surface area contributed by atoms with Crippen molar-refractivity contribution in [2.45, 2.75) is 13.0 Å². The highest BCUT2D eigenvalue weighted by atomic mass is 35.5. The van der Waals surface area contributed by atoms with Crippen LogP contribution in [0.25, 0.3) is 6.08 Å². The van der Waals surface area contributed by atoms with Gasteiger partial charge in [-0.05, 0) is 53.6 Å². The van der Waals surface area contributed by atoms with E-state index in [1.807, 2.05) is 30.3 Å². The van der Waals surface area contributed by atoms with E-state index >= 15 is 0 Å². The Hall–Kier alpha value is -3.09. The molecule has 0 radical (unpaired) electrons. The summed E-state index contributed by atoms with van der Waals surface area (Å²) in [5.74, 6) is -0.252. The van der Waals surface area contributed by atoms with E-state index in [1.165, 1.54) is 11.0 Å². The Morgan fingerprint density at radius 1 is 1.00 bits per heavy atom. The molecule has 3 aromatic carbocycles. The number of carbonyl (C=O) groups is 2. The van der Waals surface area contributed by atoms with Gasteiger partial charge in [-0.3, -0.25) is 14.5 Å². The van der Waals surface area contributed by atoms with Crippen LogP contribution in [0.15, 0.2) is 77.7 Å². The molecule has 0 spiro atoms. The van der Waals surface area contributed by atoms with Crippen LogP contribution in [0, 0.1) is 5.82 Å². The lowest BCUT2D eigenvalue weighted by molar-refractivity contribution is -0.122. The lowest BCUT2D eigenvalue weighted by Gasteiger charge is -2.12. The molecular formula is C25H19ClFNO3S. The zero-order valence-corrected chi connectivity index (χ0v) is 18.5. The van der Waals surface area contributed by atoms with Crippen molar-refractivity contribution in [1.29, 1.82) is 0 Å². The highest BCUT2D eigenvalue weighted by molar-refractivity contribution is 8.18. The number of ether oxygens (including phenoxy) is 1. The topological polar surface area (TPSA) is 46.6 Å². The summed E-state index contributed by atoms with van der Waals surface area (Å²) in [6, 6.07) is 21.1. The van der Waals surface area contributed by atoms with Gasteiger partial charge in [-0.15, -0.1) is 0 Å². The summed E-state index contributed by atoms with van der Waals surface area (Å²) < 4.78 is 19.4. The number of hydrogen-bond acceptors (Lipinski definition) is 4. The van der Waals surface area contributed by atoms with Crippen LogP contribution in [-0.4, -0.2) is 22.6 Å². The largest absolute Gasteiger partial charge is 0.487 e. The molecule has 0 bridgehead atoms. The Morgan fingerprint density at radius 3 is 2.50 bits per heavy atom. The van der Waals surface area contributed by atoms with Gasteiger partial charge >= 0.3 is 0 Å². The molecule has 0 atom stereocenters. The van der Waals surface area contributed by atoms with Crippen LogP contribution >= 0.6 is 23.4 Å². The second-order valence-corrected chi connectivity index (χ2v) is 8.54. The van der Waals surface area contributed by atoms with Crippen molar-refractivity contribution in [3.63, 3.8) is 0 Å². The summed E-state index contributed by atoms with van der Waals surface area (Å²) in [4.78, 5) is 26.6. The Labute approximate surface area is 194 Å².